The maximum atomic E-state index is 11.4. The summed E-state index contributed by atoms with van der Waals surface area (Å²) in [4.78, 5) is 13.2. The summed E-state index contributed by atoms with van der Waals surface area (Å²) in [6, 6.07) is 10.3. The zero-order chi connectivity index (χ0) is 11.4. The van der Waals surface area contributed by atoms with Crippen LogP contribution in [0.3, 0.4) is 0 Å². The number of benzene rings is 1. The number of hydrogen-bond acceptors (Lipinski definition) is 1. The molecule has 1 aromatic rings. The lowest BCUT2D eigenvalue weighted by atomic mass is 9.95. The van der Waals surface area contributed by atoms with E-state index in [-0.39, 0.29) is 11.9 Å². The summed E-state index contributed by atoms with van der Waals surface area (Å²) in [5, 5.41) is 0. The van der Waals surface area contributed by atoms with E-state index < -0.39 is 0 Å². The van der Waals surface area contributed by atoms with Crippen molar-refractivity contribution in [1.82, 2.24) is 4.90 Å². The molecular weight excluding hydrogens is 186 g/mol. The van der Waals surface area contributed by atoms with Crippen molar-refractivity contribution in [2.75, 3.05) is 7.05 Å². The number of nitrogens with zero attached hydrogens (tertiary/aromatic N) is 1. The molecule has 0 heterocycles. The minimum atomic E-state index is 0.109. The monoisotopic (exact) mass is 205 g/mol. The molecule has 0 spiro atoms. The average molecular weight is 205 g/mol. The molecule has 0 aliphatic rings. The summed E-state index contributed by atoms with van der Waals surface area (Å²) >= 11 is 0. The number of carbonyl (C=O) groups excluding carboxylic acids is 1. The molecule has 0 bridgehead atoms. The molecule has 0 aromatic heterocycles. The Labute approximate surface area is 91.9 Å². The summed E-state index contributed by atoms with van der Waals surface area (Å²) in [5.74, 6) is 0.527. The maximum absolute atomic E-state index is 11.4. The quantitative estimate of drug-likeness (QED) is 0.743. The lowest BCUT2D eigenvalue weighted by Gasteiger charge is -2.30. The van der Waals surface area contributed by atoms with Gasteiger partial charge in [-0.2, -0.15) is 0 Å². The lowest BCUT2D eigenvalue weighted by molar-refractivity contribution is -0.130. The zero-order valence-electron chi connectivity index (χ0n) is 9.90. The summed E-state index contributed by atoms with van der Waals surface area (Å²) in [5.41, 5.74) is 1.20. The van der Waals surface area contributed by atoms with Crippen LogP contribution in [0.5, 0.6) is 0 Å². The zero-order valence-corrected chi connectivity index (χ0v) is 9.90. The second kappa shape index (κ2) is 4.96. The van der Waals surface area contributed by atoms with Gasteiger partial charge in [0.25, 0.3) is 0 Å². The highest BCUT2D eigenvalue weighted by molar-refractivity contribution is 5.73. The lowest BCUT2D eigenvalue weighted by Crippen LogP contribution is -2.32. The van der Waals surface area contributed by atoms with Crippen molar-refractivity contribution in [2.45, 2.75) is 26.8 Å². The Morgan fingerprint density at radius 2 is 1.73 bits per heavy atom. The van der Waals surface area contributed by atoms with Crippen molar-refractivity contribution in [3.63, 3.8) is 0 Å². The third kappa shape index (κ3) is 2.82. The van der Waals surface area contributed by atoms with E-state index in [0.29, 0.717) is 5.92 Å². The van der Waals surface area contributed by atoms with Gasteiger partial charge in [-0.25, -0.2) is 0 Å². The second-order valence-electron chi connectivity index (χ2n) is 4.23. The Hall–Kier alpha value is -1.31. The van der Waals surface area contributed by atoms with Gasteiger partial charge in [0.2, 0.25) is 5.91 Å². The van der Waals surface area contributed by atoms with Gasteiger partial charge in [-0.15, -0.1) is 0 Å². The van der Waals surface area contributed by atoms with Crippen molar-refractivity contribution in [3.05, 3.63) is 35.9 Å². The maximum Gasteiger partial charge on any atom is 0.219 e. The molecule has 1 atom stereocenters. The van der Waals surface area contributed by atoms with Gasteiger partial charge >= 0.3 is 0 Å². The number of carbonyl (C=O) groups is 1. The number of amides is 1. The average Bonchev–Trinajstić information content (AvgIpc) is 2.18. The van der Waals surface area contributed by atoms with E-state index in [1.54, 1.807) is 11.8 Å². The van der Waals surface area contributed by atoms with E-state index in [1.807, 2.05) is 25.2 Å². The van der Waals surface area contributed by atoms with E-state index in [1.165, 1.54) is 5.56 Å². The molecule has 82 valence electrons. The first-order chi connectivity index (χ1) is 7.04. The summed E-state index contributed by atoms with van der Waals surface area (Å²) in [7, 11) is 1.86. The molecule has 1 rings (SSSR count). The molecule has 1 unspecified atom stereocenters. The normalized spacial score (nSPS) is 12.6. The highest BCUT2D eigenvalue weighted by Gasteiger charge is 2.21. The number of rotatable bonds is 3. The minimum absolute atomic E-state index is 0.109. The van der Waals surface area contributed by atoms with Gasteiger partial charge < -0.3 is 4.90 Å². The number of hydrogen-bond donors (Lipinski definition) is 0. The van der Waals surface area contributed by atoms with Crippen LogP contribution < -0.4 is 0 Å². The van der Waals surface area contributed by atoms with Gasteiger partial charge in [-0.1, -0.05) is 44.2 Å². The molecule has 15 heavy (non-hydrogen) atoms. The van der Waals surface area contributed by atoms with E-state index in [9.17, 15) is 4.79 Å². The van der Waals surface area contributed by atoms with Crippen LogP contribution in [0.1, 0.15) is 32.4 Å². The van der Waals surface area contributed by atoms with Gasteiger partial charge in [0.15, 0.2) is 0 Å². The molecule has 2 nitrogen and oxygen atoms in total. The van der Waals surface area contributed by atoms with E-state index >= 15 is 0 Å². The fourth-order valence-corrected chi connectivity index (χ4v) is 1.90. The summed E-state index contributed by atoms with van der Waals surface area (Å²) < 4.78 is 0. The third-order valence-corrected chi connectivity index (χ3v) is 2.69. The molecule has 0 saturated carbocycles. The van der Waals surface area contributed by atoms with Gasteiger partial charge in [0.1, 0.15) is 0 Å². The molecule has 0 fully saturated rings. The minimum Gasteiger partial charge on any atom is -0.339 e. The smallest absolute Gasteiger partial charge is 0.219 e. The van der Waals surface area contributed by atoms with Crippen molar-refractivity contribution >= 4 is 5.91 Å². The molecule has 0 aliphatic carbocycles. The molecule has 0 N–H and O–H groups in total. The Balaban J connectivity index is 2.99. The third-order valence-electron chi connectivity index (χ3n) is 2.69. The SMILES string of the molecule is CC(=O)N(C)C(c1ccccc1)C(C)C. The van der Waals surface area contributed by atoms with Crippen LogP contribution in [-0.2, 0) is 4.79 Å². The predicted octanol–water partition coefficient (Wildman–Crippen LogP) is 2.86. The van der Waals surface area contributed by atoms with E-state index in [0.717, 1.165) is 0 Å². The summed E-state index contributed by atoms with van der Waals surface area (Å²) in [6.07, 6.45) is 0. The van der Waals surface area contributed by atoms with Crippen LogP contribution in [0.2, 0.25) is 0 Å². The summed E-state index contributed by atoms with van der Waals surface area (Å²) in [6.45, 7) is 5.88. The predicted molar refractivity (Wildman–Crippen MR) is 62.5 cm³/mol. The van der Waals surface area contributed by atoms with Crippen LogP contribution in [0.4, 0.5) is 0 Å². The van der Waals surface area contributed by atoms with E-state index in [2.05, 4.69) is 26.0 Å². The van der Waals surface area contributed by atoms with Gasteiger partial charge in [-0.3, -0.25) is 4.79 Å². The highest BCUT2D eigenvalue weighted by atomic mass is 16.2. The molecule has 1 aromatic carbocycles. The first kappa shape index (κ1) is 11.8. The topological polar surface area (TPSA) is 20.3 Å². The van der Waals surface area contributed by atoms with Crippen molar-refractivity contribution in [3.8, 4) is 0 Å². The van der Waals surface area contributed by atoms with Gasteiger partial charge in [0, 0.05) is 14.0 Å². The Morgan fingerprint density at radius 3 is 2.13 bits per heavy atom. The van der Waals surface area contributed by atoms with Crippen LogP contribution in [0, 0.1) is 5.92 Å². The first-order valence-electron chi connectivity index (χ1n) is 5.32. The largest absolute Gasteiger partial charge is 0.339 e. The van der Waals surface area contributed by atoms with Crippen molar-refractivity contribution in [1.29, 1.82) is 0 Å². The molecule has 0 radical (unpaired) electrons. The highest BCUT2D eigenvalue weighted by Crippen LogP contribution is 2.27. The Kier molecular flexibility index (Phi) is 3.89. The molecule has 0 saturated heterocycles. The van der Waals surface area contributed by atoms with Crippen LogP contribution in [0.15, 0.2) is 30.3 Å². The van der Waals surface area contributed by atoms with Crippen LogP contribution in [0.25, 0.3) is 0 Å². The van der Waals surface area contributed by atoms with Gasteiger partial charge in [0.05, 0.1) is 6.04 Å². The van der Waals surface area contributed by atoms with Crippen LogP contribution in [-0.4, -0.2) is 17.9 Å². The van der Waals surface area contributed by atoms with Crippen LogP contribution >= 0.6 is 0 Å². The standard InChI is InChI=1S/C13H19NO/c1-10(2)13(14(4)11(3)15)12-8-6-5-7-9-12/h5-10,13H,1-4H3. The molecular formula is C13H19NO. The van der Waals surface area contributed by atoms with Crippen molar-refractivity contribution in [2.24, 2.45) is 5.92 Å². The Bertz CT molecular complexity index is 319. The second-order valence-corrected chi connectivity index (χ2v) is 4.23. The van der Waals surface area contributed by atoms with Gasteiger partial charge in [-0.05, 0) is 11.5 Å². The van der Waals surface area contributed by atoms with Crippen molar-refractivity contribution < 1.29 is 4.79 Å². The fourth-order valence-electron chi connectivity index (χ4n) is 1.90. The molecule has 0 aliphatic heterocycles. The van der Waals surface area contributed by atoms with E-state index in [4.69, 9.17) is 0 Å². The Morgan fingerprint density at radius 1 is 1.20 bits per heavy atom. The fraction of sp³-hybridized carbons (Fsp3) is 0.462. The first-order valence-corrected chi connectivity index (χ1v) is 5.32. The molecule has 1 amide bonds. The molecule has 2 heteroatoms.